The van der Waals surface area contributed by atoms with Crippen LogP contribution in [-0.4, -0.2) is 23.9 Å². The fourth-order valence-corrected chi connectivity index (χ4v) is 1.35. The predicted molar refractivity (Wildman–Crippen MR) is 66.8 cm³/mol. The maximum atomic E-state index is 11.1. The van der Waals surface area contributed by atoms with Crippen molar-refractivity contribution in [3.8, 4) is 0 Å². The molecule has 0 unspecified atom stereocenters. The molecule has 3 nitrogen and oxygen atoms in total. The molecular weight excluding hydrogens is 200 g/mol. The molecule has 0 aliphatic heterocycles. The molecule has 0 aliphatic rings. The van der Waals surface area contributed by atoms with Gasteiger partial charge in [-0.3, -0.25) is 4.79 Å². The third-order valence-electron chi connectivity index (χ3n) is 2.18. The van der Waals surface area contributed by atoms with Crippen molar-refractivity contribution in [1.29, 1.82) is 0 Å². The molecule has 1 aromatic heterocycles. The topological polar surface area (TPSA) is 33.2 Å². The Bertz CT molecular complexity index is 371. The monoisotopic (exact) mass is 216 g/mol. The van der Waals surface area contributed by atoms with Gasteiger partial charge in [-0.15, -0.1) is 13.2 Å². The molecule has 84 valence electrons. The Balaban J connectivity index is 2.88. The molecule has 0 N–H and O–H groups in total. The maximum Gasteiger partial charge on any atom is 0.161 e. The molecule has 1 rings (SSSR count). The van der Waals surface area contributed by atoms with Crippen LogP contribution in [0.2, 0.25) is 0 Å². The highest BCUT2D eigenvalue weighted by Gasteiger charge is 2.05. The van der Waals surface area contributed by atoms with E-state index in [1.807, 2.05) is 23.1 Å². The summed E-state index contributed by atoms with van der Waals surface area (Å²) in [6, 6.07) is 3.62. The van der Waals surface area contributed by atoms with Gasteiger partial charge in [-0.1, -0.05) is 12.2 Å². The molecule has 0 spiro atoms. The Labute approximate surface area is 96.1 Å². The average Bonchev–Trinajstić information content (AvgIpc) is 2.29. The second-order valence-corrected chi connectivity index (χ2v) is 3.44. The summed E-state index contributed by atoms with van der Waals surface area (Å²) in [6.45, 7) is 10.3. The van der Waals surface area contributed by atoms with Crippen LogP contribution in [0.25, 0.3) is 0 Å². The van der Waals surface area contributed by atoms with E-state index in [0.29, 0.717) is 18.7 Å². The molecular formula is C13H16N2O. The number of hydrogen-bond acceptors (Lipinski definition) is 3. The third-order valence-corrected chi connectivity index (χ3v) is 2.18. The highest BCUT2D eigenvalue weighted by molar-refractivity contribution is 5.93. The first-order valence-electron chi connectivity index (χ1n) is 5.12. The Morgan fingerprint density at radius 3 is 2.38 bits per heavy atom. The Morgan fingerprint density at radius 1 is 1.38 bits per heavy atom. The fourth-order valence-electron chi connectivity index (χ4n) is 1.35. The minimum Gasteiger partial charge on any atom is -0.349 e. The summed E-state index contributed by atoms with van der Waals surface area (Å²) in [7, 11) is 0. The van der Waals surface area contributed by atoms with E-state index in [-0.39, 0.29) is 5.78 Å². The molecule has 1 aromatic rings. The average molecular weight is 216 g/mol. The number of rotatable bonds is 6. The summed E-state index contributed by atoms with van der Waals surface area (Å²) in [4.78, 5) is 17.4. The summed E-state index contributed by atoms with van der Waals surface area (Å²) in [5.41, 5.74) is 0.626. The van der Waals surface area contributed by atoms with Crippen LogP contribution in [0.4, 0.5) is 5.82 Å². The van der Waals surface area contributed by atoms with Gasteiger partial charge in [0.2, 0.25) is 0 Å². The zero-order valence-corrected chi connectivity index (χ0v) is 9.52. The van der Waals surface area contributed by atoms with E-state index in [4.69, 9.17) is 0 Å². The van der Waals surface area contributed by atoms with Gasteiger partial charge in [0.25, 0.3) is 0 Å². The zero-order chi connectivity index (χ0) is 12.0. The van der Waals surface area contributed by atoms with Gasteiger partial charge in [0.15, 0.2) is 5.78 Å². The summed E-state index contributed by atoms with van der Waals surface area (Å²) >= 11 is 0. The lowest BCUT2D eigenvalue weighted by molar-refractivity contribution is 0.101. The van der Waals surface area contributed by atoms with Gasteiger partial charge in [0, 0.05) is 24.8 Å². The summed E-state index contributed by atoms with van der Waals surface area (Å²) in [5, 5.41) is 0. The van der Waals surface area contributed by atoms with Gasteiger partial charge >= 0.3 is 0 Å². The second kappa shape index (κ2) is 5.85. The van der Waals surface area contributed by atoms with Gasteiger partial charge < -0.3 is 4.90 Å². The number of hydrogen-bond donors (Lipinski definition) is 0. The van der Waals surface area contributed by atoms with Crippen molar-refractivity contribution in [2.75, 3.05) is 18.0 Å². The molecule has 0 bridgehead atoms. The Kier molecular flexibility index (Phi) is 4.45. The highest BCUT2D eigenvalue weighted by atomic mass is 16.1. The van der Waals surface area contributed by atoms with E-state index in [1.165, 1.54) is 6.92 Å². The van der Waals surface area contributed by atoms with Crippen LogP contribution in [0.15, 0.2) is 43.6 Å². The second-order valence-electron chi connectivity index (χ2n) is 3.44. The van der Waals surface area contributed by atoms with E-state index >= 15 is 0 Å². The van der Waals surface area contributed by atoms with E-state index < -0.39 is 0 Å². The first-order chi connectivity index (χ1) is 7.69. The zero-order valence-electron chi connectivity index (χ0n) is 9.52. The van der Waals surface area contributed by atoms with Crippen molar-refractivity contribution in [3.05, 3.63) is 49.2 Å². The minimum absolute atomic E-state index is 0.0260. The lowest BCUT2D eigenvalue weighted by Gasteiger charge is -2.20. The van der Waals surface area contributed by atoms with Crippen molar-refractivity contribution >= 4 is 11.6 Å². The van der Waals surface area contributed by atoms with Gasteiger partial charge in [-0.05, 0) is 19.1 Å². The molecule has 16 heavy (non-hydrogen) atoms. The Morgan fingerprint density at radius 2 is 2.00 bits per heavy atom. The highest BCUT2D eigenvalue weighted by Crippen LogP contribution is 2.11. The first kappa shape index (κ1) is 12.2. The van der Waals surface area contributed by atoms with Crippen molar-refractivity contribution in [3.63, 3.8) is 0 Å². The molecule has 0 saturated carbocycles. The lowest BCUT2D eigenvalue weighted by Crippen LogP contribution is -2.24. The molecule has 0 amide bonds. The van der Waals surface area contributed by atoms with E-state index in [1.54, 1.807) is 12.3 Å². The Hall–Kier alpha value is -1.90. The number of Topliss-reactive ketones (excluding diaryl/α,β-unsaturated/α-hetero) is 1. The van der Waals surface area contributed by atoms with Crippen LogP contribution >= 0.6 is 0 Å². The van der Waals surface area contributed by atoms with Crippen LogP contribution in [0.3, 0.4) is 0 Å². The number of aromatic nitrogens is 1. The maximum absolute atomic E-state index is 11.1. The molecule has 3 heteroatoms. The normalized spacial score (nSPS) is 9.56. The first-order valence-corrected chi connectivity index (χ1v) is 5.12. The number of anilines is 1. The largest absolute Gasteiger partial charge is 0.349 e. The van der Waals surface area contributed by atoms with Crippen molar-refractivity contribution in [1.82, 2.24) is 4.98 Å². The van der Waals surface area contributed by atoms with Gasteiger partial charge in [-0.2, -0.15) is 0 Å². The molecule has 0 atom stereocenters. The van der Waals surface area contributed by atoms with Gasteiger partial charge in [-0.25, -0.2) is 4.98 Å². The number of pyridine rings is 1. The number of carbonyl (C=O) groups is 1. The predicted octanol–water partition coefficient (Wildman–Crippen LogP) is 2.46. The standard InChI is InChI=1S/C13H16N2O/c1-4-8-15(9-5-2)13-7-6-12(10-14-13)11(3)16/h4-7,10H,1-2,8-9H2,3H3. The minimum atomic E-state index is 0.0260. The van der Waals surface area contributed by atoms with Gasteiger partial charge in [0.1, 0.15) is 5.82 Å². The summed E-state index contributed by atoms with van der Waals surface area (Å²) in [5.74, 6) is 0.850. The molecule has 0 saturated heterocycles. The van der Waals surface area contributed by atoms with Crippen LogP contribution in [0.5, 0.6) is 0 Å². The molecule has 0 fully saturated rings. The van der Waals surface area contributed by atoms with E-state index in [0.717, 1.165) is 5.82 Å². The molecule has 1 heterocycles. The summed E-state index contributed by atoms with van der Waals surface area (Å²) < 4.78 is 0. The van der Waals surface area contributed by atoms with Crippen LogP contribution < -0.4 is 4.90 Å². The number of ketones is 1. The van der Waals surface area contributed by atoms with E-state index in [9.17, 15) is 4.79 Å². The van der Waals surface area contributed by atoms with Crippen molar-refractivity contribution < 1.29 is 4.79 Å². The molecule has 0 radical (unpaired) electrons. The number of nitrogens with zero attached hydrogens (tertiary/aromatic N) is 2. The lowest BCUT2D eigenvalue weighted by atomic mass is 10.2. The van der Waals surface area contributed by atoms with E-state index in [2.05, 4.69) is 18.1 Å². The SMILES string of the molecule is C=CCN(CC=C)c1ccc(C(C)=O)cn1. The van der Waals surface area contributed by atoms with Crippen molar-refractivity contribution in [2.45, 2.75) is 6.92 Å². The van der Waals surface area contributed by atoms with Crippen LogP contribution in [-0.2, 0) is 0 Å². The number of carbonyl (C=O) groups excluding carboxylic acids is 1. The third kappa shape index (κ3) is 3.05. The fraction of sp³-hybridized carbons (Fsp3) is 0.231. The molecule has 0 aromatic carbocycles. The molecule has 0 aliphatic carbocycles. The van der Waals surface area contributed by atoms with Gasteiger partial charge in [0.05, 0.1) is 0 Å². The smallest absolute Gasteiger partial charge is 0.161 e. The quantitative estimate of drug-likeness (QED) is 0.541. The summed E-state index contributed by atoms with van der Waals surface area (Å²) in [6.07, 6.45) is 5.21. The van der Waals surface area contributed by atoms with Crippen LogP contribution in [0.1, 0.15) is 17.3 Å². The van der Waals surface area contributed by atoms with Crippen molar-refractivity contribution in [2.24, 2.45) is 0 Å². The van der Waals surface area contributed by atoms with Crippen LogP contribution in [0, 0.1) is 0 Å².